The Kier molecular flexibility index (Phi) is 21.3. The van der Waals surface area contributed by atoms with Gasteiger partial charge >= 0.3 is 8.25 Å². The van der Waals surface area contributed by atoms with Crippen LogP contribution >= 0.6 is 28.6 Å². The van der Waals surface area contributed by atoms with Crippen LogP contribution in [0, 0.1) is 0 Å². The summed E-state index contributed by atoms with van der Waals surface area (Å²) in [5, 5.41) is 0. The molecule has 0 aromatic carbocycles. The Morgan fingerprint density at radius 2 is 1.22 bits per heavy atom. The van der Waals surface area contributed by atoms with Crippen molar-refractivity contribution in [2.24, 2.45) is 0 Å². The second kappa shape index (κ2) is 11.6. The first kappa shape index (κ1) is 16.5. The third kappa shape index (κ3) is 553. The standard InChI is InChI=1S/C3H9P.ClH.H3O3P/c1-4(2)3;;1-4(2)3/h1-3H3;1H;4H,(H2,1,2,3). The fourth-order valence-electron chi connectivity index (χ4n) is 0. The molecule has 0 radical (unpaired) electrons. The molecule has 0 aromatic heterocycles. The molecule has 0 aliphatic carbocycles. The molecule has 0 saturated carbocycles. The van der Waals surface area contributed by atoms with Crippen LogP contribution in [0.2, 0.25) is 0 Å². The zero-order valence-electron chi connectivity index (χ0n) is 5.66. The predicted octanol–water partition coefficient (Wildman–Crippen LogP) is 1.14. The summed E-state index contributed by atoms with van der Waals surface area (Å²) in [6, 6.07) is 0. The fraction of sp³-hybridized carbons (Fsp3) is 1.00. The normalized spacial score (nSPS) is 7.89. The van der Waals surface area contributed by atoms with Gasteiger partial charge in [0.15, 0.2) is 0 Å². The summed E-state index contributed by atoms with van der Waals surface area (Å²) in [5.41, 5.74) is 0. The molecule has 0 amide bonds. The van der Waals surface area contributed by atoms with Crippen LogP contribution in [0.1, 0.15) is 0 Å². The van der Waals surface area contributed by atoms with Crippen molar-refractivity contribution in [3.05, 3.63) is 0 Å². The molecule has 0 spiro atoms. The van der Waals surface area contributed by atoms with Gasteiger partial charge in [-0.15, -0.1) is 20.3 Å². The maximum atomic E-state index is 8.74. The van der Waals surface area contributed by atoms with Gasteiger partial charge in [0.2, 0.25) is 0 Å². The Balaban J connectivity index is -0.0000000720. The average molecular weight is 195 g/mol. The maximum absolute atomic E-state index is 8.74. The van der Waals surface area contributed by atoms with E-state index in [1.807, 2.05) is 0 Å². The zero-order valence-corrected chi connectivity index (χ0v) is 8.37. The van der Waals surface area contributed by atoms with Gasteiger partial charge in [-0.1, -0.05) is 0 Å². The van der Waals surface area contributed by atoms with Crippen molar-refractivity contribution in [3.8, 4) is 0 Å². The molecular formula is C3H13ClO3P2. The highest BCUT2D eigenvalue weighted by atomic mass is 35.5. The Morgan fingerprint density at radius 1 is 1.22 bits per heavy atom. The topological polar surface area (TPSA) is 57.5 Å². The van der Waals surface area contributed by atoms with E-state index in [2.05, 4.69) is 20.0 Å². The van der Waals surface area contributed by atoms with Crippen LogP contribution in [0.25, 0.3) is 0 Å². The number of hydrogen-bond acceptors (Lipinski definition) is 1. The van der Waals surface area contributed by atoms with Gasteiger partial charge in [-0.2, -0.15) is 0 Å². The molecule has 3 nitrogen and oxygen atoms in total. The largest absolute Gasteiger partial charge is 0.326 e. The molecule has 2 N–H and O–H groups in total. The third-order valence-corrected chi connectivity index (χ3v) is 0. The maximum Gasteiger partial charge on any atom is 0.314 e. The summed E-state index contributed by atoms with van der Waals surface area (Å²) in [6.45, 7) is 6.69. The summed E-state index contributed by atoms with van der Waals surface area (Å²) in [7, 11) is -2.75. The molecular weight excluding hydrogens is 181 g/mol. The van der Waals surface area contributed by atoms with Crippen LogP contribution in [-0.4, -0.2) is 29.8 Å². The minimum Gasteiger partial charge on any atom is -0.326 e. The fourth-order valence-corrected chi connectivity index (χ4v) is 0. The molecule has 60 valence electrons. The Labute approximate surface area is 63.6 Å². The second-order valence-electron chi connectivity index (χ2n) is 1.62. The molecule has 0 atom stereocenters. The van der Waals surface area contributed by atoms with Crippen LogP contribution in [0.3, 0.4) is 0 Å². The van der Waals surface area contributed by atoms with Crippen molar-refractivity contribution < 1.29 is 14.4 Å². The summed E-state index contributed by atoms with van der Waals surface area (Å²) in [6.07, 6.45) is 0. The van der Waals surface area contributed by atoms with E-state index < -0.39 is 8.25 Å². The van der Waals surface area contributed by atoms with Crippen LogP contribution in [0.15, 0.2) is 0 Å². The van der Waals surface area contributed by atoms with Crippen LogP contribution in [0.5, 0.6) is 0 Å². The van der Waals surface area contributed by atoms with Gasteiger partial charge in [0.25, 0.3) is 0 Å². The minimum absolute atomic E-state index is 0. The molecule has 9 heavy (non-hydrogen) atoms. The summed E-state index contributed by atoms with van der Waals surface area (Å²) >= 11 is 0. The van der Waals surface area contributed by atoms with Gasteiger partial charge in [0, 0.05) is 0 Å². The molecule has 6 heteroatoms. The van der Waals surface area contributed by atoms with Crippen molar-refractivity contribution in [2.45, 2.75) is 0 Å². The first-order valence-corrected chi connectivity index (χ1v) is 5.98. The van der Waals surface area contributed by atoms with E-state index in [0.29, 0.717) is 7.92 Å². The van der Waals surface area contributed by atoms with Crippen molar-refractivity contribution in [3.63, 3.8) is 0 Å². The lowest BCUT2D eigenvalue weighted by Gasteiger charge is -1.81. The van der Waals surface area contributed by atoms with E-state index >= 15 is 0 Å². The highest BCUT2D eigenvalue weighted by Gasteiger charge is 1.65. The van der Waals surface area contributed by atoms with E-state index in [1.165, 1.54) is 0 Å². The summed E-state index contributed by atoms with van der Waals surface area (Å²) in [5.74, 6) is 0. The number of hydrogen-bond donors (Lipinski definition) is 2. The van der Waals surface area contributed by atoms with Crippen molar-refractivity contribution >= 4 is 28.6 Å². The lowest BCUT2D eigenvalue weighted by Crippen LogP contribution is -1.48. The quantitative estimate of drug-likeness (QED) is 0.569. The monoisotopic (exact) mass is 194 g/mol. The lowest BCUT2D eigenvalue weighted by atomic mass is 11.9. The summed E-state index contributed by atoms with van der Waals surface area (Å²) in [4.78, 5) is 14.3. The highest BCUT2D eigenvalue weighted by Crippen LogP contribution is 2.14. The predicted molar refractivity (Wildman–Crippen MR) is 45.4 cm³/mol. The SMILES string of the molecule is CP(C)C.Cl.O=[PH](O)O. The molecule has 0 aliphatic heterocycles. The van der Waals surface area contributed by atoms with Crippen LogP contribution < -0.4 is 0 Å². The minimum atomic E-state index is -3.13. The molecule has 0 fully saturated rings. The first-order valence-electron chi connectivity index (χ1n) is 1.99. The Hall–Kier alpha value is 0.870. The molecule has 0 aromatic rings. The second-order valence-corrected chi connectivity index (χ2v) is 4.87. The van der Waals surface area contributed by atoms with Crippen molar-refractivity contribution in [1.29, 1.82) is 0 Å². The molecule has 0 rings (SSSR count). The van der Waals surface area contributed by atoms with Gasteiger partial charge in [-0.3, -0.25) is 4.57 Å². The lowest BCUT2D eigenvalue weighted by molar-refractivity contribution is 0.405. The molecule has 0 aliphatic rings. The summed E-state index contributed by atoms with van der Waals surface area (Å²) < 4.78 is 8.74. The molecule has 0 saturated heterocycles. The van der Waals surface area contributed by atoms with E-state index in [4.69, 9.17) is 14.4 Å². The Morgan fingerprint density at radius 3 is 1.22 bits per heavy atom. The first-order chi connectivity index (χ1) is 3.46. The van der Waals surface area contributed by atoms with Crippen LogP contribution in [0.4, 0.5) is 0 Å². The number of halogens is 1. The van der Waals surface area contributed by atoms with Gasteiger partial charge in [0.1, 0.15) is 0 Å². The van der Waals surface area contributed by atoms with Crippen LogP contribution in [-0.2, 0) is 4.57 Å². The van der Waals surface area contributed by atoms with E-state index in [0.717, 1.165) is 0 Å². The van der Waals surface area contributed by atoms with Crippen molar-refractivity contribution in [1.82, 2.24) is 0 Å². The van der Waals surface area contributed by atoms with Gasteiger partial charge in [-0.05, 0) is 20.0 Å². The number of rotatable bonds is 0. The van der Waals surface area contributed by atoms with Gasteiger partial charge < -0.3 is 9.79 Å². The smallest absolute Gasteiger partial charge is 0.314 e. The molecule has 0 heterocycles. The molecule has 0 bridgehead atoms. The van der Waals surface area contributed by atoms with Gasteiger partial charge in [-0.25, -0.2) is 0 Å². The zero-order chi connectivity index (χ0) is 7.15. The van der Waals surface area contributed by atoms with E-state index in [9.17, 15) is 0 Å². The highest BCUT2D eigenvalue weighted by molar-refractivity contribution is 7.55. The Bertz CT molecular complexity index is 61.3. The third-order valence-electron chi connectivity index (χ3n) is 0. The van der Waals surface area contributed by atoms with Gasteiger partial charge in [0.05, 0.1) is 0 Å². The molecule has 0 unspecified atom stereocenters. The van der Waals surface area contributed by atoms with E-state index in [1.54, 1.807) is 0 Å². The van der Waals surface area contributed by atoms with E-state index in [-0.39, 0.29) is 12.4 Å². The average Bonchev–Trinajstić information content (AvgIpc) is 1.25. The van der Waals surface area contributed by atoms with Crippen molar-refractivity contribution in [2.75, 3.05) is 20.0 Å².